The largest absolute Gasteiger partial charge is 0.469 e. The highest BCUT2D eigenvalue weighted by Gasteiger charge is 2.30. The number of rotatable bonds is 3. The highest BCUT2D eigenvalue weighted by molar-refractivity contribution is 5.20. The maximum Gasteiger partial charge on any atom is 0.417 e. The van der Waals surface area contributed by atoms with Gasteiger partial charge in [-0.25, -0.2) is 4.98 Å². The standard InChI is InChI=1S/C9H10F3NO3/c1-5(8(14)15)16-7-3-2-6(4-13-7)9(10,11)12/h2-5,8,14-15H,1H3/t5-/m1/s1. The average molecular weight is 237 g/mol. The van der Waals surface area contributed by atoms with Crippen molar-refractivity contribution in [2.24, 2.45) is 0 Å². The fourth-order valence-corrected chi connectivity index (χ4v) is 0.869. The van der Waals surface area contributed by atoms with E-state index in [1.54, 1.807) is 0 Å². The molecule has 0 bridgehead atoms. The molecular formula is C9H10F3NO3. The van der Waals surface area contributed by atoms with Gasteiger partial charge in [0.2, 0.25) is 5.88 Å². The highest BCUT2D eigenvalue weighted by atomic mass is 19.4. The summed E-state index contributed by atoms with van der Waals surface area (Å²) in [5, 5.41) is 17.4. The van der Waals surface area contributed by atoms with Crippen LogP contribution in [0, 0.1) is 0 Å². The molecule has 0 fully saturated rings. The van der Waals surface area contributed by atoms with Crippen molar-refractivity contribution < 1.29 is 28.1 Å². The maximum absolute atomic E-state index is 12.1. The molecule has 1 rings (SSSR count). The fraction of sp³-hybridized carbons (Fsp3) is 0.444. The number of hydrogen-bond acceptors (Lipinski definition) is 4. The molecule has 0 unspecified atom stereocenters. The van der Waals surface area contributed by atoms with Gasteiger partial charge in [-0.2, -0.15) is 13.2 Å². The number of alkyl halides is 3. The third-order valence-corrected chi connectivity index (χ3v) is 1.79. The molecule has 0 aliphatic heterocycles. The van der Waals surface area contributed by atoms with Crippen LogP contribution in [-0.4, -0.2) is 27.6 Å². The zero-order valence-electron chi connectivity index (χ0n) is 8.27. The van der Waals surface area contributed by atoms with Crippen LogP contribution in [0.4, 0.5) is 13.2 Å². The summed E-state index contributed by atoms with van der Waals surface area (Å²) in [6.07, 6.45) is -6.52. The van der Waals surface area contributed by atoms with E-state index in [2.05, 4.69) is 4.98 Å². The molecule has 1 heterocycles. The van der Waals surface area contributed by atoms with Crippen molar-refractivity contribution in [3.8, 4) is 5.88 Å². The minimum atomic E-state index is -4.45. The maximum atomic E-state index is 12.1. The molecule has 16 heavy (non-hydrogen) atoms. The van der Waals surface area contributed by atoms with Crippen molar-refractivity contribution in [2.45, 2.75) is 25.5 Å². The number of ether oxygens (including phenoxy) is 1. The molecule has 1 aromatic heterocycles. The third-order valence-electron chi connectivity index (χ3n) is 1.79. The molecule has 4 nitrogen and oxygen atoms in total. The summed E-state index contributed by atoms with van der Waals surface area (Å²) < 4.78 is 41.3. The van der Waals surface area contributed by atoms with Gasteiger partial charge in [0.1, 0.15) is 6.10 Å². The number of aliphatic hydroxyl groups is 2. The molecule has 1 aromatic rings. The Balaban J connectivity index is 2.72. The van der Waals surface area contributed by atoms with Crippen LogP contribution in [0.15, 0.2) is 18.3 Å². The number of nitrogens with zero attached hydrogens (tertiary/aromatic N) is 1. The van der Waals surface area contributed by atoms with Crippen LogP contribution in [0.25, 0.3) is 0 Å². The fourth-order valence-electron chi connectivity index (χ4n) is 0.869. The van der Waals surface area contributed by atoms with E-state index in [-0.39, 0.29) is 5.88 Å². The topological polar surface area (TPSA) is 62.6 Å². The lowest BCUT2D eigenvalue weighted by Gasteiger charge is -2.15. The van der Waals surface area contributed by atoms with Crippen molar-refractivity contribution in [3.05, 3.63) is 23.9 Å². The molecule has 1 atom stereocenters. The van der Waals surface area contributed by atoms with Gasteiger partial charge in [-0.3, -0.25) is 0 Å². The van der Waals surface area contributed by atoms with Gasteiger partial charge in [-0.15, -0.1) is 0 Å². The predicted octanol–water partition coefficient (Wildman–Crippen LogP) is 1.18. The summed E-state index contributed by atoms with van der Waals surface area (Å²) in [5.74, 6) is -0.103. The Hall–Kier alpha value is -1.34. The van der Waals surface area contributed by atoms with Gasteiger partial charge >= 0.3 is 6.18 Å². The van der Waals surface area contributed by atoms with E-state index in [9.17, 15) is 13.2 Å². The van der Waals surface area contributed by atoms with Crippen LogP contribution in [0.1, 0.15) is 12.5 Å². The lowest BCUT2D eigenvalue weighted by atomic mass is 10.3. The Bertz CT molecular complexity index is 337. The number of halogens is 3. The van der Waals surface area contributed by atoms with Gasteiger partial charge in [-0.1, -0.05) is 0 Å². The van der Waals surface area contributed by atoms with Crippen molar-refractivity contribution in [2.75, 3.05) is 0 Å². The van der Waals surface area contributed by atoms with Crippen LogP contribution in [0.5, 0.6) is 5.88 Å². The summed E-state index contributed by atoms with van der Waals surface area (Å²) in [6, 6.07) is 1.82. The van der Waals surface area contributed by atoms with Crippen LogP contribution >= 0.6 is 0 Å². The second-order valence-corrected chi connectivity index (χ2v) is 3.12. The molecule has 0 spiro atoms. The van der Waals surface area contributed by atoms with Crippen molar-refractivity contribution in [3.63, 3.8) is 0 Å². The zero-order valence-corrected chi connectivity index (χ0v) is 8.27. The summed E-state index contributed by atoms with van der Waals surface area (Å²) in [6.45, 7) is 1.35. The monoisotopic (exact) mass is 237 g/mol. The van der Waals surface area contributed by atoms with Gasteiger partial charge in [0, 0.05) is 12.3 Å². The highest BCUT2D eigenvalue weighted by Crippen LogP contribution is 2.29. The van der Waals surface area contributed by atoms with Gasteiger partial charge in [0.05, 0.1) is 5.56 Å². The Morgan fingerprint density at radius 1 is 1.31 bits per heavy atom. The van der Waals surface area contributed by atoms with Crippen LogP contribution in [-0.2, 0) is 6.18 Å². The molecule has 0 saturated carbocycles. The molecule has 0 saturated heterocycles. The molecule has 0 amide bonds. The van der Waals surface area contributed by atoms with Crippen LogP contribution in [0.2, 0.25) is 0 Å². The average Bonchev–Trinajstić information content (AvgIpc) is 2.17. The van der Waals surface area contributed by atoms with E-state index < -0.39 is 24.1 Å². The quantitative estimate of drug-likeness (QED) is 0.775. The third kappa shape index (κ3) is 3.35. The Kier molecular flexibility index (Phi) is 3.71. The van der Waals surface area contributed by atoms with Crippen LogP contribution < -0.4 is 4.74 Å². The van der Waals surface area contributed by atoms with E-state index in [4.69, 9.17) is 14.9 Å². The van der Waals surface area contributed by atoms with Crippen molar-refractivity contribution in [1.29, 1.82) is 0 Å². The van der Waals surface area contributed by atoms with Crippen molar-refractivity contribution >= 4 is 0 Å². The molecule has 0 radical (unpaired) electrons. The number of hydrogen-bond donors (Lipinski definition) is 2. The lowest BCUT2D eigenvalue weighted by Crippen LogP contribution is -2.28. The molecule has 90 valence electrons. The molecule has 7 heteroatoms. The minimum Gasteiger partial charge on any atom is -0.469 e. The summed E-state index contributed by atoms with van der Waals surface area (Å²) in [5.41, 5.74) is -0.892. The predicted molar refractivity (Wildman–Crippen MR) is 47.6 cm³/mol. The smallest absolute Gasteiger partial charge is 0.417 e. The van der Waals surface area contributed by atoms with Crippen LogP contribution in [0.3, 0.4) is 0 Å². The number of aromatic nitrogens is 1. The lowest BCUT2D eigenvalue weighted by molar-refractivity contribution is -0.138. The molecule has 2 N–H and O–H groups in total. The normalized spacial score (nSPS) is 13.9. The molecule has 0 aliphatic rings. The number of aliphatic hydroxyl groups excluding tert-OH is 1. The Morgan fingerprint density at radius 3 is 2.31 bits per heavy atom. The summed E-state index contributed by atoms with van der Waals surface area (Å²) in [7, 11) is 0. The van der Waals surface area contributed by atoms with Crippen molar-refractivity contribution in [1.82, 2.24) is 4.98 Å². The zero-order chi connectivity index (χ0) is 12.3. The van der Waals surface area contributed by atoms with Gasteiger partial charge in [0.15, 0.2) is 6.29 Å². The van der Waals surface area contributed by atoms with E-state index in [1.807, 2.05) is 0 Å². The van der Waals surface area contributed by atoms with Gasteiger partial charge < -0.3 is 14.9 Å². The first-order valence-electron chi connectivity index (χ1n) is 4.37. The van der Waals surface area contributed by atoms with Gasteiger partial charge in [-0.05, 0) is 13.0 Å². The first-order valence-corrected chi connectivity index (χ1v) is 4.37. The summed E-state index contributed by atoms with van der Waals surface area (Å²) in [4.78, 5) is 3.40. The molecule has 0 aliphatic carbocycles. The first-order chi connectivity index (χ1) is 7.30. The SMILES string of the molecule is C[C@@H](Oc1ccc(C(F)(F)F)cn1)C(O)O. The molecule has 0 aromatic carbocycles. The summed E-state index contributed by atoms with van der Waals surface area (Å²) >= 11 is 0. The van der Waals surface area contributed by atoms with E-state index in [0.29, 0.717) is 6.20 Å². The van der Waals surface area contributed by atoms with Gasteiger partial charge in [0.25, 0.3) is 0 Å². The van der Waals surface area contributed by atoms with E-state index >= 15 is 0 Å². The molecular weight excluding hydrogens is 227 g/mol. The van der Waals surface area contributed by atoms with E-state index in [0.717, 1.165) is 12.1 Å². The Morgan fingerprint density at radius 2 is 1.94 bits per heavy atom. The Labute approximate surface area is 89.3 Å². The second kappa shape index (κ2) is 4.67. The second-order valence-electron chi connectivity index (χ2n) is 3.12. The number of pyridine rings is 1. The van der Waals surface area contributed by atoms with E-state index in [1.165, 1.54) is 6.92 Å². The first kappa shape index (κ1) is 12.7. The minimum absolute atomic E-state index is 0.103.